The van der Waals surface area contributed by atoms with Crippen LogP contribution in [0.1, 0.15) is 39.7 Å². The molecule has 2 aromatic carbocycles. The van der Waals surface area contributed by atoms with Gasteiger partial charge in [0.25, 0.3) is 5.91 Å². The summed E-state index contributed by atoms with van der Waals surface area (Å²) in [7, 11) is 0. The Hall–Kier alpha value is -2.55. The molecule has 9 heteroatoms. The monoisotopic (exact) mass is 466 g/mol. The van der Waals surface area contributed by atoms with Crippen molar-refractivity contribution >= 4 is 23.6 Å². The number of carbonyl (C=O) groups excluding carboxylic acids is 2. The smallest absolute Gasteiger partial charge is 0.339 e. The van der Waals surface area contributed by atoms with E-state index in [1.54, 1.807) is 15.9 Å². The van der Waals surface area contributed by atoms with E-state index in [9.17, 15) is 27.2 Å². The first kappa shape index (κ1) is 22.6. The molecule has 2 amide bonds. The second kappa shape index (κ2) is 9.13. The fraction of sp³-hybridized carbons (Fsp3) is 0.391. The molecule has 2 aliphatic rings. The minimum Gasteiger partial charge on any atom is -0.339 e. The van der Waals surface area contributed by atoms with Gasteiger partial charge in [-0.15, -0.1) is 11.8 Å². The van der Waals surface area contributed by atoms with Crippen LogP contribution in [0, 0.1) is 11.7 Å². The van der Waals surface area contributed by atoms with Crippen molar-refractivity contribution < 1.29 is 27.2 Å². The maximum absolute atomic E-state index is 13.4. The van der Waals surface area contributed by atoms with Gasteiger partial charge >= 0.3 is 6.18 Å². The third kappa shape index (κ3) is 4.92. The molecule has 0 aliphatic carbocycles. The molecule has 0 radical (unpaired) electrons. The molecule has 0 unspecified atom stereocenters. The van der Waals surface area contributed by atoms with E-state index in [4.69, 9.17) is 0 Å². The zero-order valence-electron chi connectivity index (χ0n) is 17.1. The van der Waals surface area contributed by atoms with Crippen LogP contribution < -0.4 is 0 Å². The number of amides is 2. The summed E-state index contributed by atoms with van der Waals surface area (Å²) in [5.41, 5.74) is 0.280. The van der Waals surface area contributed by atoms with E-state index < -0.39 is 17.6 Å². The quantitative estimate of drug-likeness (QED) is 0.598. The van der Waals surface area contributed by atoms with E-state index in [1.165, 1.54) is 42.1 Å². The summed E-state index contributed by atoms with van der Waals surface area (Å²) in [5, 5.41) is -0.309. The standard InChI is InChI=1S/C23H22F4N2O2S/c24-19-3-1-2-17(12-19)21(31)28-10-8-15(9-11-28)13-29-20(30)14-32-22(29)16-4-6-18(7-5-16)23(25,26)27/h1-7,12,15,22H,8-11,13-14H2/t22-/m1/s1. The Morgan fingerprint density at radius 1 is 1.06 bits per heavy atom. The Kier molecular flexibility index (Phi) is 6.46. The van der Waals surface area contributed by atoms with E-state index in [0.717, 1.165) is 12.1 Å². The number of hydrogen-bond acceptors (Lipinski definition) is 3. The van der Waals surface area contributed by atoms with Gasteiger partial charge in [-0.05, 0) is 54.7 Å². The van der Waals surface area contributed by atoms with Crippen molar-refractivity contribution in [2.75, 3.05) is 25.4 Å². The van der Waals surface area contributed by atoms with E-state index in [1.807, 2.05) is 0 Å². The molecule has 170 valence electrons. The van der Waals surface area contributed by atoms with Crippen molar-refractivity contribution in [2.45, 2.75) is 24.4 Å². The zero-order chi connectivity index (χ0) is 22.9. The first-order valence-electron chi connectivity index (χ1n) is 10.4. The SMILES string of the molecule is O=C(c1cccc(F)c1)N1CCC(CN2C(=O)CS[C@@H]2c2ccc(C(F)(F)F)cc2)CC1. The summed E-state index contributed by atoms with van der Waals surface area (Å²) in [6.07, 6.45) is -2.99. The number of halogens is 4. The first-order valence-corrected chi connectivity index (χ1v) is 11.4. The molecule has 32 heavy (non-hydrogen) atoms. The van der Waals surface area contributed by atoms with E-state index in [-0.39, 0.29) is 23.1 Å². The zero-order valence-corrected chi connectivity index (χ0v) is 18.0. The van der Waals surface area contributed by atoms with Gasteiger partial charge in [0.1, 0.15) is 11.2 Å². The molecule has 0 bridgehead atoms. The fourth-order valence-electron chi connectivity index (χ4n) is 4.17. The summed E-state index contributed by atoms with van der Waals surface area (Å²) >= 11 is 1.41. The Morgan fingerprint density at radius 2 is 1.75 bits per heavy atom. The van der Waals surface area contributed by atoms with Crippen molar-refractivity contribution in [3.05, 3.63) is 71.0 Å². The summed E-state index contributed by atoms with van der Waals surface area (Å²) < 4.78 is 51.9. The lowest BCUT2D eigenvalue weighted by atomic mass is 9.95. The average molecular weight is 467 g/mol. The van der Waals surface area contributed by atoms with Crippen molar-refractivity contribution in [1.29, 1.82) is 0 Å². The predicted octanol–water partition coefficient (Wildman–Crippen LogP) is 4.97. The molecule has 0 N–H and O–H groups in total. The fourth-order valence-corrected chi connectivity index (χ4v) is 5.36. The summed E-state index contributed by atoms with van der Waals surface area (Å²) in [4.78, 5) is 28.5. The van der Waals surface area contributed by atoms with Crippen molar-refractivity contribution in [1.82, 2.24) is 9.80 Å². The van der Waals surface area contributed by atoms with Gasteiger partial charge in [0.2, 0.25) is 5.91 Å². The number of thioether (sulfide) groups is 1. The summed E-state index contributed by atoms with van der Waals surface area (Å²) in [5.74, 6) is -0.212. The van der Waals surface area contributed by atoms with Crippen molar-refractivity contribution in [3.63, 3.8) is 0 Å². The van der Waals surface area contributed by atoms with Crippen LogP contribution in [0.4, 0.5) is 17.6 Å². The van der Waals surface area contributed by atoms with E-state index in [0.29, 0.717) is 49.4 Å². The molecular formula is C23H22F4N2O2S. The third-order valence-corrected chi connectivity index (χ3v) is 7.18. The molecule has 0 spiro atoms. The van der Waals surface area contributed by atoms with Gasteiger partial charge in [0.15, 0.2) is 0 Å². The topological polar surface area (TPSA) is 40.6 Å². The molecule has 2 fully saturated rings. The van der Waals surface area contributed by atoms with Crippen LogP contribution in [0.25, 0.3) is 0 Å². The normalized spacial score (nSPS) is 20.1. The van der Waals surface area contributed by atoms with Crippen LogP contribution in [0.2, 0.25) is 0 Å². The Morgan fingerprint density at radius 3 is 2.38 bits per heavy atom. The van der Waals surface area contributed by atoms with Gasteiger partial charge in [-0.25, -0.2) is 4.39 Å². The summed E-state index contributed by atoms with van der Waals surface area (Å²) in [6, 6.07) is 10.6. The molecule has 1 atom stereocenters. The molecular weight excluding hydrogens is 444 g/mol. The number of piperidine rings is 1. The average Bonchev–Trinajstić information content (AvgIpc) is 3.13. The molecule has 2 aliphatic heterocycles. The minimum absolute atomic E-state index is 0.0295. The number of alkyl halides is 3. The number of likely N-dealkylation sites (tertiary alicyclic amines) is 1. The van der Waals surface area contributed by atoms with Crippen LogP contribution in [0.3, 0.4) is 0 Å². The molecule has 0 aromatic heterocycles. The van der Waals surface area contributed by atoms with Gasteiger partial charge in [0, 0.05) is 25.2 Å². The third-order valence-electron chi connectivity index (χ3n) is 5.92. The predicted molar refractivity (Wildman–Crippen MR) is 113 cm³/mol. The number of benzene rings is 2. The molecule has 2 aromatic rings. The largest absolute Gasteiger partial charge is 0.416 e. The number of carbonyl (C=O) groups is 2. The van der Waals surface area contributed by atoms with Gasteiger partial charge in [-0.1, -0.05) is 18.2 Å². The highest BCUT2D eigenvalue weighted by molar-refractivity contribution is 8.00. The highest BCUT2D eigenvalue weighted by atomic mass is 32.2. The lowest BCUT2D eigenvalue weighted by Gasteiger charge is -2.35. The molecule has 4 nitrogen and oxygen atoms in total. The van der Waals surface area contributed by atoms with Gasteiger partial charge in [-0.2, -0.15) is 13.2 Å². The van der Waals surface area contributed by atoms with Crippen LogP contribution in [-0.2, 0) is 11.0 Å². The number of hydrogen-bond donors (Lipinski definition) is 0. The van der Waals surface area contributed by atoms with Gasteiger partial charge < -0.3 is 9.80 Å². The highest BCUT2D eigenvalue weighted by Gasteiger charge is 2.36. The number of rotatable bonds is 4. The van der Waals surface area contributed by atoms with Gasteiger partial charge in [0.05, 0.1) is 11.3 Å². The van der Waals surface area contributed by atoms with Crippen molar-refractivity contribution in [2.24, 2.45) is 5.92 Å². The van der Waals surface area contributed by atoms with Crippen LogP contribution in [0.15, 0.2) is 48.5 Å². The molecule has 4 rings (SSSR count). The maximum Gasteiger partial charge on any atom is 0.416 e. The van der Waals surface area contributed by atoms with Crippen LogP contribution >= 0.6 is 11.8 Å². The maximum atomic E-state index is 13.4. The van der Waals surface area contributed by atoms with E-state index in [2.05, 4.69) is 0 Å². The Labute approximate surface area is 187 Å². The lowest BCUT2D eigenvalue weighted by Crippen LogP contribution is -2.42. The van der Waals surface area contributed by atoms with Crippen LogP contribution in [-0.4, -0.2) is 47.0 Å². The van der Waals surface area contributed by atoms with Crippen LogP contribution in [0.5, 0.6) is 0 Å². The Balaban J connectivity index is 1.37. The molecule has 2 saturated heterocycles. The first-order chi connectivity index (χ1) is 15.2. The molecule has 0 saturated carbocycles. The number of nitrogens with zero attached hydrogens (tertiary/aromatic N) is 2. The molecule has 2 heterocycles. The minimum atomic E-state index is -4.40. The van der Waals surface area contributed by atoms with Crippen molar-refractivity contribution in [3.8, 4) is 0 Å². The second-order valence-electron chi connectivity index (χ2n) is 8.08. The van der Waals surface area contributed by atoms with Gasteiger partial charge in [-0.3, -0.25) is 9.59 Å². The van der Waals surface area contributed by atoms with E-state index >= 15 is 0 Å². The summed E-state index contributed by atoms with van der Waals surface area (Å²) in [6.45, 7) is 1.53. The lowest BCUT2D eigenvalue weighted by molar-refractivity contribution is -0.137. The Bertz CT molecular complexity index is 988. The second-order valence-corrected chi connectivity index (χ2v) is 9.14. The highest BCUT2D eigenvalue weighted by Crippen LogP contribution is 2.40.